The van der Waals surface area contributed by atoms with Gasteiger partial charge < -0.3 is 5.73 Å². The fourth-order valence-corrected chi connectivity index (χ4v) is 2.00. The van der Waals surface area contributed by atoms with Crippen LogP contribution < -0.4 is 10.5 Å². The second-order valence-electron chi connectivity index (χ2n) is 2.78. The van der Waals surface area contributed by atoms with E-state index < -0.39 is 15.3 Å². The van der Waals surface area contributed by atoms with Crippen LogP contribution in [0.1, 0.15) is 6.92 Å². The van der Waals surface area contributed by atoms with Gasteiger partial charge in [-0.25, -0.2) is 13.4 Å². The van der Waals surface area contributed by atoms with Crippen molar-refractivity contribution in [1.29, 1.82) is 0 Å². The predicted octanol–water partition coefficient (Wildman–Crippen LogP) is -0.107. The van der Waals surface area contributed by atoms with E-state index in [0.717, 1.165) is 0 Å². The molecule has 1 unspecified atom stereocenters. The minimum Gasteiger partial charge on any atom is -0.392 e. The van der Waals surface area contributed by atoms with E-state index in [2.05, 4.69) is 26.9 Å². The highest BCUT2D eigenvalue weighted by molar-refractivity contribution is 7.95. The average Bonchev–Trinajstić information content (AvgIpc) is 2.17. The van der Waals surface area contributed by atoms with Crippen molar-refractivity contribution in [3.63, 3.8) is 0 Å². The van der Waals surface area contributed by atoms with Gasteiger partial charge in [0, 0.05) is 12.4 Å². The maximum atomic E-state index is 11.6. The van der Waals surface area contributed by atoms with Gasteiger partial charge >= 0.3 is 0 Å². The monoisotopic (exact) mass is 246 g/mol. The van der Waals surface area contributed by atoms with Gasteiger partial charge in [-0.1, -0.05) is 12.2 Å². The van der Waals surface area contributed by atoms with Crippen molar-refractivity contribution in [2.75, 3.05) is 4.72 Å². The van der Waals surface area contributed by atoms with E-state index in [1.54, 1.807) is 0 Å². The quantitative estimate of drug-likeness (QED) is 0.719. The maximum Gasteiger partial charge on any atom is 0.243 e. The number of thiocarbonyl (C=S) groups is 1. The topological polar surface area (TPSA) is 98.0 Å². The van der Waals surface area contributed by atoms with Crippen LogP contribution in [0, 0.1) is 0 Å². The van der Waals surface area contributed by atoms with Crippen LogP contribution in [-0.2, 0) is 10.0 Å². The van der Waals surface area contributed by atoms with Crippen molar-refractivity contribution >= 4 is 33.0 Å². The van der Waals surface area contributed by atoms with E-state index in [4.69, 9.17) is 5.73 Å². The molecule has 0 saturated heterocycles. The standard InChI is InChI=1S/C7H10N4O2S2/c1-5(7(8)14)15(12,13)11-6-4-9-2-3-10-6/h2-5H,1H3,(H2,8,14)(H,10,11). The highest BCUT2D eigenvalue weighted by Gasteiger charge is 2.23. The molecule has 0 radical (unpaired) electrons. The van der Waals surface area contributed by atoms with Gasteiger partial charge in [0.2, 0.25) is 10.0 Å². The molecule has 82 valence electrons. The lowest BCUT2D eigenvalue weighted by molar-refractivity contribution is 0.598. The van der Waals surface area contributed by atoms with Gasteiger partial charge in [0.25, 0.3) is 0 Å². The van der Waals surface area contributed by atoms with Gasteiger partial charge in [-0.15, -0.1) is 0 Å². The van der Waals surface area contributed by atoms with Crippen LogP contribution in [0.2, 0.25) is 0 Å². The fourth-order valence-electron chi connectivity index (χ4n) is 0.739. The molecule has 0 saturated carbocycles. The van der Waals surface area contributed by atoms with Crippen LogP contribution in [0.5, 0.6) is 0 Å². The summed E-state index contributed by atoms with van der Waals surface area (Å²) in [6.07, 6.45) is 4.11. The summed E-state index contributed by atoms with van der Waals surface area (Å²) in [5.74, 6) is 0.139. The maximum absolute atomic E-state index is 11.6. The number of nitrogens with two attached hydrogens (primary N) is 1. The van der Waals surface area contributed by atoms with Crippen LogP contribution in [-0.4, -0.2) is 28.6 Å². The SMILES string of the molecule is CC(C(N)=S)S(=O)(=O)Nc1cnccn1. The summed E-state index contributed by atoms with van der Waals surface area (Å²) >= 11 is 4.61. The fraction of sp³-hybridized carbons (Fsp3) is 0.286. The normalized spacial score (nSPS) is 13.1. The van der Waals surface area contributed by atoms with Crippen LogP contribution in [0.3, 0.4) is 0 Å². The molecule has 0 aromatic carbocycles. The largest absolute Gasteiger partial charge is 0.392 e. The first-order valence-corrected chi connectivity index (χ1v) is 5.96. The predicted molar refractivity (Wildman–Crippen MR) is 60.8 cm³/mol. The number of anilines is 1. The lowest BCUT2D eigenvalue weighted by atomic mass is 10.5. The van der Waals surface area contributed by atoms with Crippen molar-refractivity contribution in [1.82, 2.24) is 9.97 Å². The lowest BCUT2D eigenvalue weighted by Crippen LogP contribution is -2.35. The Kier molecular flexibility index (Phi) is 3.53. The molecule has 0 aliphatic heterocycles. The molecule has 0 aliphatic rings. The Balaban J connectivity index is 2.87. The number of nitrogens with one attached hydrogen (secondary N) is 1. The summed E-state index contributed by atoms with van der Waals surface area (Å²) < 4.78 is 25.4. The zero-order valence-corrected chi connectivity index (χ0v) is 9.55. The van der Waals surface area contributed by atoms with Crippen LogP contribution in [0.15, 0.2) is 18.6 Å². The van der Waals surface area contributed by atoms with E-state index in [0.29, 0.717) is 0 Å². The molecular formula is C7H10N4O2S2. The Hall–Kier alpha value is -1.28. The van der Waals surface area contributed by atoms with Crippen molar-refractivity contribution in [2.45, 2.75) is 12.2 Å². The summed E-state index contributed by atoms with van der Waals surface area (Å²) in [7, 11) is -3.63. The molecule has 6 nitrogen and oxygen atoms in total. The molecule has 8 heteroatoms. The lowest BCUT2D eigenvalue weighted by Gasteiger charge is -2.12. The Morgan fingerprint density at radius 2 is 2.27 bits per heavy atom. The third-order valence-corrected chi connectivity index (χ3v) is 3.86. The molecule has 0 amide bonds. The molecule has 0 fully saturated rings. The Morgan fingerprint density at radius 1 is 1.60 bits per heavy atom. The van der Waals surface area contributed by atoms with Gasteiger partial charge in [0.15, 0.2) is 5.82 Å². The summed E-state index contributed by atoms with van der Waals surface area (Å²) in [5.41, 5.74) is 5.25. The van der Waals surface area contributed by atoms with Crippen LogP contribution >= 0.6 is 12.2 Å². The van der Waals surface area contributed by atoms with E-state index in [-0.39, 0.29) is 10.8 Å². The second kappa shape index (κ2) is 4.49. The summed E-state index contributed by atoms with van der Waals surface area (Å²) in [4.78, 5) is 7.40. The molecule has 3 N–H and O–H groups in total. The molecule has 0 aliphatic carbocycles. The van der Waals surface area contributed by atoms with Gasteiger partial charge in [-0.3, -0.25) is 9.71 Å². The molecule has 0 spiro atoms. The molecule has 1 rings (SSSR count). The zero-order chi connectivity index (χ0) is 11.5. The molecule has 1 aromatic rings. The third kappa shape index (κ3) is 3.10. The van der Waals surface area contributed by atoms with Crippen molar-refractivity contribution in [2.24, 2.45) is 5.73 Å². The first-order valence-electron chi connectivity index (χ1n) is 4.00. The van der Waals surface area contributed by atoms with Crippen LogP contribution in [0.4, 0.5) is 5.82 Å². The summed E-state index contributed by atoms with van der Waals surface area (Å²) in [6, 6.07) is 0. The van der Waals surface area contributed by atoms with E-state index in [1.165, 1.54) is 25.5 Å². The zero-order valence-electron chi connectivity index (χ0n) is 7.91. The van der Waals surface area contributed by atoms with Crippen molar-refractivity contribution in [3.8, 4) is 0 Å². The number of rotatable bonds is 4. The van der Waals surface area contributed by atoms with E-state index in [9.17, 15) is 8.42 Å². The number of aromatic nitrogens is 2. The number of nitrogens with zero attached hydrogens (tertiary/aromatic N) is 2. The summed E-state index contributed by atoms with van der Waals surface area (Å²) in [5, 5.41) is -0.950. The minimum atomic E-state index is -3.63. The Morgan fingerprint density at radius 3 is 2.73 bits per heavy atom. The minimum absolute atomic E-state index is 0.0913. The highest BCUT2D eigenvalue weighted by Crippen LogP contribution is 2.07. The van der Waals surface area contributed by atoms with Crippen LogP contribution in [0.25, 0.3) is 0 Å². The molecule has 1 atom stereocenters. The van der Waals surface area contributed by atoms with E-state index >= 15 is 0 Å². The Bertz CT molecular complexity index is 445. The van der Waals surface area contributed by atoms with Gasteiger partial charge in [0.1, 0.15) is 5.25 Å². The molecular weight excluding hydrogens is 236 g/mol. The smallest absolute Gasteiger partial charge is 0.243 e. The molecule has 1 aromatic heterocycles. The third-order valence-electron chi connectivity index (χ3n) is 1.68. The first kappa shape index (κ1) is 11.8. The molecule has 1 heterocycles. The van der Waals surface area contributed by atoms with Gasteiger partial charge in [-0.2, -0.15) is 0 Å². The second-order valence-corrected chi connectivity index (χ2v) is 5.25. The summed E-state index contributed by atoms with van der Waals surface area (Å²) in [6.45, 7) is 1.40. The van der Waals surface area contributed by atoms with Crippen molar-refractivity contribution < 1.29 is 8.42 Å². The van der Waals surface area contributed by atoms with Gasteiger partial charge in [0.05, 0.1) is 11.2 Å². The van der Waals surface area contributed by atoms with Gasteiger partial charge in [-0.05, 0) is 6.92 Å². The number of hydrogen-bond acceptors (Lipinski definition) is 5. The van der Waals surface area contributed by atoms with E-state index in [1.807, 2.05) is 0 Å². The molecule has 15 heavy (non-hydrogen) atoms. The first-order chi connectivity index (χ1) is 6.93. The Labute approximate surface area is 93.0 Å². The number of sulfonamides is 1. The number of hydrogen-bond donors (Lipinski definition) is 2. The average molecular weight is 246 g/mol. The highest BCUT2D eigenvalue weighted by atomic mass is 32.2. The molecule has 0 bridgehead atoms. The van der Waals surface area contributed by atoms with Crippen molar-refractivity contribution in [3.05, 3.63) is 18.6 Å².